The highest BCUT2D eigenvalue weighted by Gasteiger charge is 2.50. The lowest BCUT2D eigenvalue weighted by Crippen LogP contribution is -2.65. The van der Waals surface area contributed by atoms with Gasteiger partial charge in [0.25, 0.3) is 5.91 Å². The van der Waals surface area contributed by atoms with Gasteiger partial charge < -0.3 is 15.0 Å². The number of nitrogens with zero attached hydrogens (tertiary/aromatic N) is 2. The number of rotatable bonds is 2. The molecular weight excluding hydrogens is 390 g/mol. The summed E-state index contributed by atoms with van der Waals surface area (Å²) < 4.78 is 6.38. The molecule has 162 valence electrons. The number of carbonyl (C=O) groups excluding carboxylic acids is 2. The van der Waals surface area contributed by atoms with Gasteiger partial charge in [0.2, 0.25) is 0 Å². The zero-order valence-corrected chi connectivity index (χ0v) is 18.4. The van der Waals surface area contributed by atoms with Crippen LogP contribution < -0.4 is 15.0 Å². The summed E-state index contributed by atoms with van der Waals surface area (Å²) in [4.78, 5) is 29.9. The fourth-order valence-electron chi connectivity index (χ4n) is 5.22. The number of aryl methyl sites for hydroxylation is 1. The Bertz CT molecular complexity index is 1050. The first-order chi connectivity index (χ1) is 14.8. The number of fused-ring (bicyclic) bond motifs is 4. The molecule has 6 nitrogen and oxygen atoms in total. The number of ether oxygens (including phenoxy) is 1. The van der Waals surface area contributed by atoms with Crippen molar-refractivity contribution in [2.75, 3.05) is 18.0 Å². The minimum Gasteiger partial charge on any atom is -0.467 e. The molecular formula is C25H29N3O3. The van der Waals surface area contributed by atoms with Crippen LogP contribution in [0.1, 0.15) is 60.6 Å². The van der Waals surface area contributed by atoms with E-state index in [1.54, 1.807) is 4.90 Å². The quantitative estimate of drug-likeness (QED) is 0.772. The lowest BCUT2D eigenvalue weighted by atomic mass is 9.89. The summed E-state index contributed by atoms with van der Waals surface area (Å²) in [6.07, 6.45) is 2.83. The number of likely N-dealkylation sites (tertiary alicyclic amines) is 1. The van der Waals surface area contributed by atoms with Gasteiger partial charge >= 0.3 is 6.03 Å². The van der Waals surface area contributed by atoms with Crippen LogP contribution in [-0.4, -0.2) is 35.7 Å². The summed E-state index contributed by atoms with van der Waals surface area (Å²) in [5.41, 5.74) is 2.62. The van der Waals surface area contributed by atoms with Crippen molar-refractivity contribution in [1.29, 1.82) is 0 Å². The number of nitrogens with one attached hydrogen (secondary N) is 1. The van der Waals surface area contributed by atoms with Gasteiger partial charge in [0.15, 0.2) is 5.72 Å². The maximum atomic E-state index is 13.2. The summed E-state index contributed by atoms with van der Waals surface area (Å²) in [6.45, 7) is 7.74. The molecule has 0 radical (unpaired) electrons. The Morgan fingerprint density at radius 3 is 2.87 bits per heavy atom. The number of hydrogen-bond donors (Lipinski definition) is 1. The van der Waals surface area contributed by atoms with E-state index < -0.39 is 5.72 Å². The van der Waals surface area contributed by atoms with Crippen LogP contribution in [0, 0.1) is 12.8 Å². The van der Waals surface area contributed by atoms with Gasteiger partial charge in [-0.25, -0.2) is 4.79 Å². The molecule has 0 saturated carbocycles. The summed E-state index contributed by atoms with van der Waals surface area (Å²) in [5.74, 6) is 1.34. The fourth-order valence-corrected chi connectivity index (χ4v) is 5.22. The molecule has 2 aromatic rings. The lowest BCUT2D eigenvalue weighted by molar-refractivity contribution is 0.0377. The second-order valence-corrected chi connectivity index (χ2v) is 9.41. The van der Waals surface area contributed by atoms with Gasteiger partial charge in [0, 0.05) is 30.6 Å². The highest BCUT2D eigenvalue weighted by Crippen LogP contribution is 2.45. The van der Waals surface area contributed by atoms with Crippen molar-refractivity contribution >= 4 is 17.6 Å². The molecule has 6 heteroatoms. The van der Waals surface area contributed by atoms with Crippen molar-refractivity contribution in [3.8, 4) is 5.75 Å². The average molecular weight is 420 g/mol. The van der Waals surface area contributed by atoms with E-state index in [4.69, 9.17) is 4.74 Å². The van der Waals surface area contributed by atoms with Gasteiger partial charge in [0.1, 0.15) is 5.75 Å². The smallest absolute Gasteiger partial charge is 0.325 e. The topological polar surface area (TPSA) is 61.9 Å². The van der Waals surface area contributed by atoms with Crippen molar-refractivity contribution < 1.29 is 14.3 Å². The Kier molecular flexibility index (Phi) is 4.68. The molecule has 2 fully saturated rings. The molecule has 3 heterocycles. The van der Waals surface area contributed by atoms with Gasteiger partial charge in [-0.15, -0.1) is 0 Å². The van der Waals surface area contributed by atoms with Gasteiger partial charge in [-0.3, -0.25) is 9.69 Å². The van der Waals surface area contributed by atoms with Crippen molar-refractivity contribution in [2.45, 2.75) is 51.8 Å². The zero-order valence-electron chi connectivity index (χ0n) is 18.4. The third kappa shape index (κ3) is 3.44. The maximum Gasteiger partial charge on any atom is 0.325 e. The van der Waals surface area contributed by atoms with Crippen LogP contribution in [0.5, 0.6) is 5.75 Å². The van der Waals surface area contributed by atoms with Crippen LogP contribution in [0.3, 0.4) is 0 Å². The molecule has 3 aliphatic rings. The van der Waals surface area contributed by atoms with E-state index in [1.165, 1.54) is 0 Å². The van der Waals surface area contributed by atoms with Crippen molar-refractivity contribution in [3.05, 3.63) is 59.2 Å². The van der Waals surface area contributed by atoms with Gasteiger partial charge in [0.05, 0.1) is 11.7 Å². The largest absolute Gasteiger partial charge is 0.467 e. The van der Waals surface area contributed by atoms with Crippen LogP contribution in [0.25, 0.3) is 0 Å². The molecule has 3 atom stereocenters. The average Bonchev–Trinajstić information content (AvgIpc) is 2.73. The minimum atomic E-state index is -0.823. The van der Waals surface area contributed by atoms with E-state index in [1.807, 2.05) is 55.1 Å². The third-order valence-electron chi connectivity index (χ3n) is 6.72. The predicted molar refractivity (Wildman–Crippen MR) is 119 cm³/mol. The predicted octanol–water partition coefficient (Wildman–Crippen LogP) is 4.64. The summed E-state index contributed by atoms with van der Waals surface area (Å²) in [5, 5.41) is 3.13. The van der Waals surface area contributed by atoms with Crippen molar-refractivity contribution in [3.63, 3.8) is 0 Å². The van der Waals surface area contributed by atoms with E-state index in [2.05, 4.69) is 18.3 Å². The number of piperidine rings is 1. The van der Waals surface area contributed by atoms with Gasteiger partial charge in [-0.1, -0.05) is 30.7 Å². The molecule has 0 aliphatic carbocycles. The third-order valence-corrected chi connectivity index (χ3v) is 6.72. The van der Waals surface area contributed by atoms with Crippen molar-refractivity contribution in [2.24, 2.45) is 5.92 Å². The van der Waals surface area contributed by atoms with Gasteiger partial charge in [-0.2, -0.15) is 0 Å². The van der Waals surface area contributed by atoms with E-state index in [0.29, 0.717) is 23.6 Å². The number of hydrogen-bond acceptors (Lipinski definition) is 3. The first-order valence-electron chi connectivity index (χ1n) is 11.1. The molecule has 2 saturated heterocycles. The molecule has 1 N–H and O–H groups in total. The standard InChI is InChI=1S/C25H29N3O3/c1-16-9-10-22-20(12-16)21-14-25(3,31-22)28(24(30)26-21)19-8-4-7-18(13-19)23(29)27-11-5-6-17(2)15-27/h4,7-10,12-13,17,21H,5-6,11,14-15H2,1-3H3,(H,26,30)/t17-,21-,25-/m1/s1. The fraction of sp³-hybridized carbons (Fsp3) is 0.440. The van der Waals surface area contributed by atoms with E-state index >= 15 is 0 Å². The second-order valence-electron chi connectivity index (χ2n) is 9.41. The molecule has 2 aromatic carbocycles. The number of carbonyl (C=O) groups is 2. The van der Waals surface area contributed by atoms with E-state index in [-0.39, 0.29) is 18.0 Å². The Hall–Kier alpha value is -3.02. The van der Waals surface area contributed by atoms with Crippen LogP contribution in [-0.2, 0) is 0 Å². The van der Waals surface area contributed by atoms with E-state index in [0.717, 1.165) is 42.8 Å². The summed E-state index contributed by atoms with van der Waals surface area (Å²) in [6, 6.07) is 13.1. The number of amides is 3. The van der Waals surface area contributed by atoms with E-state index in [9.17, 15) is 9.59 Å². The highest BCUT2D eigenvalue weighted by molar-refractivity contribution is 5.99. The number of benzene rings is 2. The lowest BCUT2D eigenvalue weighted by Gasteiger charge is -2.50. The summed E-state index contributed by atoms with van der Waals surface area (Å²) >= 11 is 0. The number of anilines is 1. The first-order valence-corrected chi connectivity index (χ1v) is 11.1. The first kappa shape index (κ1) is 19.9. The SMILES string of the molecule is Cc1ccc2c(c1)[C@H]1C[C@@](C)(O2)N(c2cccc(C(=O)N3CCC[C@@H](C)C3)c2)C(=O)N1. The molecule has 3 amide bonds. The Morgan fingerprint density at radius 1 is 1.23 bits per heavy atom. The minimum absolute atomic E-state index is 0.0271. The monoisotopic (exact) mass is 419 g/mol. The van der Waals surface area contributed by atoms with Crippen LogP contribution >= 0.6 is 0 Å². The second kappa shape index (κ2) is 7.29. The Balaban J connectivity index is 1.47. The van der Waals surface area contributed by atoms with Crippen LogP contribution in [0.4, 0.5) is 10.5 Å². The Labute approximate surface area is 183 Å². The molecule has 3 aliphatic heterocycles. The molecule has 31 heavy (non-hydrogen) atoms. The molecule has 0 spiro atoms. The molecule has 2 bridgehead atoms. The Morgan fingerprint density at radius 2 is 2.06 bits per heavy atom. The van der Waals surface area contributed by atoms with Crippen molar-refractivity contribution in [1.82, 2.24) is 10.2 Å². The number of urea groups is 1. The van der Waals surface area contributed by atoms with Gasteiger partial charge in [-0.05, 0) is 56.9 Å². The molecule has 5 rings (SSSR count). The highest BCUT2D eigenvalue weighted by atomic mass is 16.5. The molecule has 0 aromatic heterocycles. The summed E-state index contributed by atoms with van der Waals surface area (Å²) in [7, 11) is 0. The zero-order chi connectivity index (χ0) is 21.8. The normalized spacial score (nSPS) is 27.3. The van der Waals surface area contributed by atoms with Crippen LogP contribution in [0.2, 0.25) is 0 Å². The molecule has 0 unspecified atom stereocenters. The maximum absolute atomic E-state index is 13.2. The van der Waals surface area contributed by atoms with Crippen LogP contribution in [0.15, 0.2) is 42.5 Å².